The SMILES string of the molecule is CCCC(C)NS(=O)(=O)c1c(C(=O)O)sc2ccccc12. The molecule has 7 heteroatoms. The van der Waals surface area contributed by atoms with Crippen molar-refractivity contribution >= 4 is 37.4 Å². The van der Waals surface area contributed by atoms with Crippen LogP contribution in [-0.4, -0.2) is 25.5 Å². The van der Waals surface area contributed by atoms with Gasteiger partial charge in [0.1, 0.15) is 9.77 Å². The van der Waals surface area contributed by atoms with E-state index in [1.165, 1.54) is 0 Å². The number of sulfonamides is 1. The summed E-state index contributed by atoms with van der Waals surface area (Å²) in [6, 6.07) is 6.59. The molecule has 1 unspecified atom stereocenters. The number of rotatable bonds is 6. The monoisotopic (exact) mass is 327 g/mol. The van der Waals surface area contributed by atoms with Gasteiger partial charge >= 0.3 is 5.97 Å². The molecule has 5 nitrogen and oxygen atoms in total. The molecular weight excluding hydrogens is 310 g/mol. The largest absolute Gasteiger partial charge is 0.477 e. The fourth-order valence-electron chi connectivity index (χ4n) is 2.25. The second-order valence-corrected chi connectivity index (χ2v) is 7.58. The quantitative estimate of drug-likeness (QED) is 0.854. The van der Waals surface area contributed by atoms with Gasteiger partial charge in [-0.15, -0.1) is 11.3 Å². The van der Waals surface area contributed by atoms with Crippen LogP contribution < -0.4 is 4.72 Å². The lowest BCUT2D eigenvalue weighted by Gasteiger charge is -2.13. The number of thiophene rings is 1. The predicted octanol–water partition coefficient (Wildman–Crippen LogP) is 3.07. The third kappa shape index (κ3) is 3.25. The molecule has 114 valence electrons. The van der Waals surface area contributed by atoms with E-state index in [1.54, 1.807) is 31.2 Å². The van der Waals surface area contributed by atoms with Gasteiger partial charge in [-0.05, 0) is 19.4 Å². The first kappa shape index (κ1) is 15.9. The molecule has 2 aromatic rings. The van der Waals surface area contributed by atoms with Gasteiger partial charge in [0.05, 0.1) is 0 Å². The molecular formula is C14H17NO4S2. The highest BCUT2D eigenvalue weighted by Crippen LogP contribution is 2.34. The summed E-state index contributed by atoms with van der Waals surface area (Å²) in [5, 5.41) is 9.74. The molecule has 0 spiro atoms. The number of carboxylic acid groups (broad SMARTS) is 1. The van der Waals surface area contributed by atoms with Gasteiger partial charge in [-0.2, -0.15) is 0 Å². The molecule has 2 N–H and O–H groups in total. The van der Waals surface area contributed by atoms with Crippen molar-refractivity contribution in [1.29, 1.82) is 0 Å². The molecule has 1 heterocycles. The van der Waals surface area contributed by atoms with E-state index in [0.29, 0.717) is 16.5 Å². The van der Waals surface area contributed by atoms with Crippen LogP contribution in [0.5, 0.6) is 0 Å². The molecule has 1 aromatic carbocycles. The Hall–Kier alpha value is -1.44. The maximum atomic E-state index is 12.6. The van der Waals surface area contributed by atoms with Gasteiger partial charge in [0.2, 0.25) is 10.0 Å². The van der Waals surface area contributed by atoms with Crippen molar-refractivity contribution in [2.24, 2.45) is 0 Å². The number of carbonyl (C=O) groups is 1. The van der Waals surface area contributed by atoms with Crippen molar-refractivity contribution in [3.8, 4) is 0 Å². The first-order valence-electron chi connectivity index (χ1n) is 6.64. The first-order valence-corrected chi connectivity index (χ1v) is 8.94. The van der Waals surface area contributed by atoms with Gasteiger partial charge in [-0.1, -0.05) is 31.5 Å². The fourth-order valence-corrected chi connectivity index (χ4v) is 5.26. The van der Waals surface area contributed by atoms with Gasteiger partial charge in [0, 0.05) is 16.1 Å². The van der Waals surface area contributed by atoms with Crippen molar-refractivity contribution in [2.75, 3.05) is 0 Å². The van der Waals surface area contributed by atoms with Crippen LogP contribution in [0, 0.1) is 0 Å². The number of fused-ring (bicyclic) bond motifs is 1. The summed E-state index contributed by atoms with van der Waals surface area (Å²) >= 11 is 0.981. The minimum Gasteiger partial charge on any atom is -0.477 e. The highest BCUT2D eigenvalue weighted by molar-refractivity contribution is 7.90. The zero-order chi connectivity index (χ0) is 15.6. The zero-order valence-corrected chi connectivity index (χ0v) is 13.4. The number of carboxylic acids is 1. The van der Waals surface area contributed by atoms with Crippen LogP contribution in [0.1, 0.15) is 36.4 Å². The van der Waals surface area contributed by atoms with Crippen molar-refractivity contribution in [3.63, 3.8) is 0 Å². The molecule has 0 aliphatic carbocycles. The number of aromatic carboxylic acids is 1. The molecule has 0 radical (unpaired) electrons. The Bertz CT molecular complexity index is 764. The zero-order valence-electron chi connectivity index (χ0n) is 11.8. The molecule has 1 aromatic heterocycles. The summed E-state index contributed by atoms with van der Waals surface area (Å²) < 4.78 is 28.3. The Balaban J connectivity index is 2.58. The van der Waals surface area contributed by atoms with Gasteiger partial charge in [-0.25, -0.2) is 17.9 Å². The molecule has 0 saturated heterocycles. The summed E-state index contributed by atoms with van der Waals surface area (Å²) in [4.78, 5) is 11.1. The van der Waals surface area contributed by atoms with Crippen molar-refractivity contribution in [3.05, 3.63) is 29.1 Å². The Kier molecular flexibility index (Phi) is 4.65. The van der Waals surface area contributed by atoms with Crippen molar-refractivity contribution in [2.45, 2.75) is 37.6 Å². The predicted molar refractivity (Wildman–Crippen MR) is 83.5 cm³/mol. The minimum atomic E-state index is -3.86. The van der Waals surface area contributed by atoms with Crippen LogP contribution in [0.3, 0.4) is 0 Å². The summed E-state index contributed by atoms with van der Waals surface area (Å²) in [5.41, 5.74) is 0. The molecule has 0 fully saturated rings. The van der Waals surface area contributed by atoms with E-state index >= 15 is 0 Å². The van der Waals surface area contributed by atoms with Gasteiger partial charge in [0.15, 0.2) is 0 Å². The summed E-state index contributed by atoms with van der Waals surface area (Å²) in [7, 11) is -3.86. The normalized spacial score (nSPS) is 13.4. The van der Waals surface area contributed by atoms with Crippen LogP contribution in [0.25, 0.3) is 10.1 Å². The number of benzene rings is 1. The molecule has 21 heavy (non-hydrogen) atoms. The van der Waals surface area contributed by atoms with E-state index in [4.69, 9.17) is 0 Å². The Morgan fingerprint density at radius 2 is 2.05 bits per heavy atom. The fraction of sp³-hybridized carbons (Fsp3) is 0.357. The Labute approximate surface area is 127 Å². The van der Waals surface area contributed by atoms with Crippen LogP contribution >= 0.6 is 11.3 Å². The van der Waals surface area contributed by atoms with Crippen LogP contribution in [0.15, 0.2) is 29.2 Å². The summed E-state index contributed by atoms with van der Waals surface area (Å²) in [6.45, 7) is 3.74. The second kappa shape index (κ2) is 6.13. The maximum absolute atomic E-state index is 12.6. The van der Waals surface area contributed by atoms with Crippen LogP contribution in [0.4, 0.5) is 0 Å². The van der Waals surface area contributed by atoms with Gasteiger partial charge < -0.3 is 5.11 Å². The molecule has 0 bridgehead atoms. The number of hydrogen-bond donors (Lipinski definition) is 2. The average molecular weight is 327 g/mol. The van der Waals surface area contributed by atoms with Crippen LogP contribution in [-0.2, 0) is 10.0 Å². The van der Waals surface area contributed by atoms with Crippen molar-refractivity contribution < 1.29 is 18.3 Å². The summed E-state index contributed by atoms with van der Waals surface area (Å²) in [5.74, 6) is -1.22. The molecule has 0 saturated carbocycles. The molecule has 0 aliphatic rings. The van der Waals surface area contributed by atoms with E-state index in [2.05, 4.69) is 4.72 Å². The standard InChI is InChI=1S/C14H17NO4S2/c1-3-6-9(2)15-21(18,19)13-10-7-4-5-8-11(10)20-12(13)14(16)17/h4-5,7-9,15H,3,6H2,1-2H3,(H,16,17). The lowest BCUT2D eigenvalue weighted by Crippen LogP contribution is -2.33. The molecule has 2 rings (SSSR count). The Morgan fingerprint density at radius 3 is 2.67 bits per heavy atom. The van der Waals surface area contributed by atoms with E-state index in [9.17, 15) is 18.3 Å². The topological polar surface area (TPSA) is 83.5 Å². The highest BCUT2D eigenvalue weighted by Gasteiger charge is 2.28. The third-order valence-electron chi connectivity index (χ3n) is 3.09. The lowest BCUT2D eigenvalue weighted by molar-refractivity contribution is 0.0698. The minimum absolute atomic E-state index is 0.126. The van der Waals surface area contributed by atoms with E-state index in [-0.39, 0.29) is 15.8 Å². The number of hydrogen-bond acceptors (Lipinski definition) is 4. The molecule has 1 atom stereocenters. The van der Waals surface area contributed by atoms with Crippen molar-refractivity contribution in [1.82, 2.24) is 4.72 Å². The van der Waals surface area contributed by atoms with E-state index < -0.39 is 16.0 Å². The first-order chi connectivity index (χ1) is 9.86. The second-order valence-electron chi connectivity index (χ2n) is 4.87. The smallest absolute Gasteiger partial charge is 0.347 e. The summed E-state index contributed by atoms with van der Waals surface area (Å²) in [6.07, 6.45) is 1.55. The maximum Gasteiger partial charge on any atom is 0.347 e. The average Bonchev–Trinajstić information content (AvgIpc) is 2.78. The van der Waals surface area contributed by atoms with E-state index in [1.807, 2.05) is 6.92 Å². The van der Waals surface area contributed by atoms with E-state index in [0.717, 1.165) is 17.8 Å². The van der Waals surface area contributed by atoms with Crippen LogP contribution in [0.2, 0.25) is 0 Å². The third-order valence-corrected chi connectivity index (χ3v) is 6.05. The number of nitrogens with one attached hydrogen (secondary N) is 1. The molecule has 0 amide bonds. The van der Waals surface area contributed by atoms with Gasteiger partial charge in [0.25, 0.3) is 0 Å². The molecule has 0 aliphatic heterocycles. The Morgan fingerprint density at radius 1 is 1.38 bits per heavy atom. The van der Waals surface area contributed by atoms with Gasteiger partial charge in [-0.3, -0.25) is 0 Å². The lowest BCUT2D eigenvalue weighted by atomic mass is 10.2. The highest BCUT2D eigenvalue weighted by atomic mass is 32.2.